The summed E-state index contributed by atoms with van der Waals surface area (Å²) in [6, 6.07) is 0. The molecule has 0 atom stereocenters. The summed E-state index contributed by atoms with van der Waals surface area (Å²) in [6.45, 7) is 4.59. The molecule has 20 heavy (non-hydrogen) atoms. The average Bonchev–Trinajstić information content (AvgIpc) is 2.43. The van der Waals surface area contributed by atoms with Crippen LogP contribution in [0, 0.1) is 0 Å². The summed E-state index contributed by atoms with van der Waals surface area (Å²) in [4.78, 5) is 0. The SMILES string of the molecule is CCCCCCCCCCCCCCCCCCC.Cl. The molecule has 124 valence electrons. The van der Waals surface area contributed by atoms with Crippen molar-refractivity contribution in [2.75, 3.05) is 0 Å². The number of rotatable bonds is 16. The molecule has 0 aliphatic rings. The van der Waals surface area contributed by atoms with Gasteiger partial charge in [-0.3, -0.25) is 0 Å². The fourth-order valence-electron chi connectivity index (χ4n) is 2.80. The minimum absolute atomic E-state index is 0. The van der Waals surface area contributed by atoms with Crippen LogP contribution in [0.15, 0.2) is 0 Å². The standard InChI is InChI=1S/C19H40.ClH/c1-3-5-7-9-11-13-15-17-19-18-16-14-12-10-8-6-4-2;/h3-19H2,1-2H3;1H. The van der Waals surface area contributed by atoms with E-state index in [-0.39, 0.29) is 12.4 Å². The maximum Gasteiger partial charge on any atom is -0.0533 e. The van der Waals surface area contributed by atoms with E-state index >= 15 is 0 Å². The third-order valence-electron chi connectivity index (χ3n) is 4.21. The lowest BCUT2D eigenvalue weighted by atomic mass is 10.0. The zero-order valence-corrected chi connectivity index (χ0v) is 15.2. The molecule has 0 bridgehead atoms. The highest BCUT2D eigenvalue weighted by molar-refractivity contribution is 5.85. The van der Waals surface area contributed by atoms with E-state index in [4.69, 9.17) is 0 Å². The molecule has 0 rings (SSSR count). The van der Waals surface area contributed by atoms with Gasteiger partial charge in [-0.1, -0.05) is 123 Å². The molecule has 0 fully saturated rings. The second kappa shape index (κ2) is 21.6. The molecule has 0 radical (unpaired) electrons. The molecular weight excluding hydrogens is 264 g/mol. The Morgan fingerprint density at radius 3 is 0.600 bits per heavy atom. The van der Waals surface area contributed by atoms with Crippen LogP contribution in [0.3, 0.4) is 0 Å². The van der Waals surface area contributed by atoms with Crippen LogP contribution in [0.4, 0.5) is 0 Å². The summed E-state index contributed by atoms with van der Waals surface area (Å²) in [6.07, 6.45) is 24.9. The molecular formula is C19H41Cl. The van der Waals surface area contributed by atoms with Crippen LogP contribution in [0.25, 0.3) is 0 Å². The van der Waals surface area contributed by atoms with Gasteiger partial charge in [0.1, 0.15) is 0 Å². The van der Waals surface area contributed by atoms with Crippen LogP contribution in [-0.4, -0.2) is 0 Å². The first kappa shape index (κ1) is 22.6. The van der Waals surface area contributed by atoms with Gasteiger partial charge in [-0.15, -0.1) is 12.4 Å². The van der Waals surface area contributed by atoms with Crippen molar-refractivity contribution in [1.82, 2.24) is 0 Å². The summed E-state index contributed by atoms with van der Waals surface area (Å²) >= 11 is 0. The molecule has 0 saturated carbocycles. The second-order valence-electron chi connectivity index (χ2n) is 6.30. The quantitative estimate of drug-likeness (QED) is 0.253. The molecule has 0 aliphatic carbocycles. The van der Waals surface area contributed by atoms with Crippen molar-refractivity contribution in [1.29, 1.82) is 0 Å². The van der Waals surface area contributed by atoms with Crippen LogP contribution < -0.4 is 0 Å². The zero-order valence-electron chi connectivity index (χ0n) is 14.4. The Labute approximate surface area is 135 Å². The first-order chi connectivity index (χ1) is 9.41. The highest BCUT2D eigenvalue weighted by atomic mass is 35.5. The summed E-state index contributed by atoms with van der Waals surface area (Å²) in [5, 5.41) is 0. The van der Waals surface area contributed by atoms with Gasteiger partial charge in [0.2, 0.25) is 0 Å². The van der Waals surface area contributed by atoms with Crippen LogP contribution in [0.2, 0.25) is 0 Å². The molecule has 0 aliphatic heterocycles. The molecule has 0 N–H and O–H groups in total. The van der Waals surface area contributed by atoms with Gasteiger partial charge in [0.25, 0.3) is 0 Å². The first-order valence-electron chi connectivity index (χ1n) is 9.41. The van der Waals surface area contributed by atoms with E-state index in [1.54, 1.807) is 0 Å². The maximum absolute atomic E-state index is 2.30. The third kappa shape index (κ3) is 20.6. The maximum atomic E-state index is 2.30. The van der Waals surface area contributed by atoms with Crippen molar-refractivity contribution in [3.05, 3.63) is 0 Å². The monoisotopic (exact) mass is 304 g/mol. The van der Waals surface area contributed by atoms with E-state index in [1.165, 1.54) is 109 Å². The fraction of sp³-hybridized carbons (Fsp3) is 1.00. The van der Waals surface area contributed by atoms with Gasteiger partial charge in [-0.05, 0) is 0 Å². The lowest BCUT2D eigenvalue weighted by Crippen LogP contribution is -1.83. The fourth-order valence-corrected chi connectivity index (χ4v) is 2.80. The summed E-state index contributed by atoms with van der Waals surface area (Å²) in [7, 11) is 0. The van der Waals surface area contributed by atoms with E-state index in [9.17, 15) is 0 Å². The third-order valence-corrected chi connectivity index (χ3v) is 4.21. The van der Waals surface area contributed by atoms with Gasteiger partial charge in [0.15, 0.2) is 0 Å². The summed E-state index contributed by atoms with van der Waals surface area (Å²) in [5.74, 6) is 0. The molecule has 0 unspecified atom stereocenters. The zero-order chi connectivity index (χ0) is 14.0. The molecule has 0 aromatic heterocycles. The Kier molecular flexibility index (Phi) is 24.4. The molecule has 0 spiro atoms. The number of hydrogen-bond donors (Lipinski definition) is 0. The van der Waals surface area contributed by atoms with Crippen molar-refractivity contribution >= 4 is 12.4 Å². The second-order valence-corrected chi connectivity index (χ2v) is 6.30. The first-order valence-corrected chi connectivity index (χ1v) is 9.41. The van der Waals surface area contributed by atoms with Gasteiger partial charge in [0.05, 0.1) is 0 Å². The van der Waals surface area contributed by atoms with Crippen LogP contribution in [-0.2, 0) is 0 Å². The van der Waals surface area contributed by atoms with E-state index in [2.05, 4.69) is 13.8 Å². The predicted molar refractivity (Wildman–Crippen MR) is 97.1 cm³/mol. The average molecular weight is 305 g/mol. The van der Waals surface area contributed by atoms with Crippen molar-refractivity contribution in [3.63, 3.8) is 0 Å². The Morgan fingerprint density at radius 2 is 0.450 bits per heavy atom. The number of hydrogen-bond acceptors (Lipinski definition) is 0. The Hall–Kier alpha value is 0.290. The highest BCUT2D eigenvalue weighted by Crippen LogP contribution is 2.13. The topological polar surface area (TPSA) is 0 Å². The van der Waals surface area contributed by atoms with Gasteiger partial charge in [-0.2, -0.15) is 0 Å². The minimum Gasteiger partial charge on any atom is -0.147 e. The van der Waals surface area contributed by atoms with Crippen molar-refractivity contribution in [3.8, 4) is 0 Å². The molecule has 0 amide bonds. The Balaban J connectivity index is 0. The predicted octanol–water partition coefficient (Wildman–Crippen LogP) is 8.08. The normalized spacial score (nSPS) is 10.5. The lowest BCUT2D eigenvalue weighted by Gasteiger charge is -2.03. The molecule has 0 saturated heterocycles. The highest BCUT2D eigenvalue weighted by Gasteiger charge is 1.94. The minimum atomic E-state index is 0. The molecule has 0 heterocycles. The van der Waals surface area contributed by atoms with Crippen molar-refractivity contribution in [2.45, 2.75) is 123 Å². The van der Waals surface area contributed by atoms with E-state index < -0.39 is 0 Å². The smallest absolute Gasteiger partial charge is 0.0533 e. The lowest BCUT2D eigenvalue weighted by molar-refractivity contribution is 0.529. The Bertz CT molecular complexity index is 129. The molecule has 0 nitrogen and oxygen atoms in total. The summed E-state index contributed by atoms with van der Waals surface area (Å²) < 4.78 is 0. The molecule has 1 heteroatoms. The Morgan fingerprint density at radius 1 is 0.300 bits per heavy atom. The van der Waals surface area contributed by atoms with Crippen LogP contribution in [0.1, 0.15) is 123 Å². The summed E-state index contributed by atoms with van der Waals surface area (Å²) in [5.41, 5.74) is 0. The van der Waals surface area contributed by atoms with Crippen LogP contribution >= 0.6 is 12.4 Å². The van der Waals surface area contributed by atoms with Crippen LogP contribution in [0.5, 0.6) is 0 Å². The van der Waals surface area contributed by atoms with E-state index in [0.29, 0.717) is 0 Å². The van der Waals surface area contributed by atoms with E-state index in [1.807, 2.05) is 0 Å². The molecule has 0 aromatic carbocycles. The molecule has 0 aromatic rings. The van der Waals surface area contributed by atoms with Gasteiger partial charge >= 0.3 is 0 Å². The number of unbranched alkanes of at least 4 members (excludes halogenated alkanes) is 16. The number of halogens is 1. The van der Waals surface area contributed by atoms with Gasteiger partial charge in [-0.25, -0.2) is 0 Å². The van der Waals surface area contributed by atoms with Crippen molar-refractivity contribution in [2.24, 2.45) is 0 Å². The van der Waals surface area contributed by atoms with Gasteiger partial charge < -0.3 is 0 Å². The van der Waals surface area contributed by atoms with E-state index in [0.717, 1.165) is 0 Å². The largest absolute Gasteiger partial charge is 0.147 e. The van der Waals surface area contributed by atoms with Gasteiger partial charge in [0, 0.05) is 0 Å². The van der Waals surface area contributed by atoms with Crippen molar-refractivity contribution < 1.29 is 0 Å².